The van der Waals surface area contributed by atoms with Crippen LogP contribution in [0.1, 0.15) is 39.3 Å². The van der Waals surface area contributed by atoms with E-state index in [1.807, 2.05) is 13.2 Å². The largest absolute Gasteiger partial charge is 0.573 e. The number of ether oxygens (including phenoxy) is 2. The number of aryl methyl sites for hydroxylation is 1. The Labute approximate surface area is 173 Å². The van der Waals surface area contributed by atoms with Crippen LogP contribution in [0.15, 0.2) is 23.2 Å². The van der Waals surface area contributed by atoms with Crippen molar-refractivity contribution in [3.63, 3.8) is 0 Å². The Kier molecular flexibility index (Phi) is 8.01. The lowest BCUT2D eigenvalue weighted by Crippen LogP contribution is -2.20. The van der Waals surface area contributed by atoms with Crippen LogP contribution in [-0.4, -0.2) is 35.7 Å². The highest BCUT2D eigenvalue weighted by atomic mass is 32.2. The Morgan fingerprint density at radius 1 is 1.14 bits per heavy atom. The number of hydrogen-bond acceptors (Lipinski definition) is 6. The topological polar surface area (TPSA) is 56.3 Å². The van der Waals surface area contributed by atoms with Crippen LogP contribution in [-0.2, 0) is 6.42 Å². The Bertz CT molecular complexity index is 827. The molecule has 0 amide bonds. The van der Waals surface area contributed by atoms with Crippen molar-refractivity contribution in [1.29, 1.82) is 0 Å². The van der Waals surface area contributed by atoms with E-state index in [2.05, 4.69) is 23.9 Å². The average Bonchev–Trinajstić information content (AvgIpc) is 2.70. The van der Waals surface area contributed by atoms with Crippen LogP contribution in [0.5, 0.6) is 11.5 Å². The molecule has 0 aliphatic carbocycles. The first-order valence-electron chi connectivity index (χ1n) is 9.41. The highest BCUT2D eigenvalue weighted by Gasteiger charge is 2.31. The van der Waals surface area contributed by atoms with Crippen molar-refractivity contribution in [1.82, 2.24) is 9.97 Å². The number of aromatic nitrogens is 2. The molecular formula is C20H26F3N3O2S. The quantitative estimate of drug-likeness (QED) is 0.498. The van der Waals surface area contributed by atoms with Gasteiger partial charge in [0.15, 0.2) is 0 Å². The SMILES string of the molecule is CCc1nc(-c2ccc(OC(F)(F)F)cc2OC)c(SC)nc1NC(CC)CC. The third-order valence-corrected chi connectivity index (χ3v) is 5.12. The minimum absolute atomic E-state index is 0.235. The Morgan fingerprint density at radius 3 is 2.34 bits per heavy atom. The van der Waals surface area contributed by atoms with E-state index < -0.39 is 6.36 Å². The van der Waals surface area contributed by atoms with Crippen molar-refractivity contribution in [3.8, 4) is 22.8 Å². The molecule has 2 aromatic rings. The van der Waals surface area contributed by atoms with Gasteiger partial charge in [0.25, 0.3) is 0 Å². The summed E-state index contributed by atoms with van der Waals surface area (Å²) >= 11 is 1.42. The molecule has 0 spiro atoms. The summed E-state index contributed by atoms with van der Waals surface area (Å²) < 4.78 is 46.9. The van der Waals surface area contributed by atoms with Gasteiger partial charge in [0, 0.05) is 17.7 Å². The number of thioether (sulfide) groups is 1. The third kappa shape index (κ3) is 5.91. The molecule has 0 fully saturated rings. The minimum atomic E-state index is -4.77. The van der Waals surface area contributed by atoms with E-state index >= 15 is 0 Å². The highest BCUT2D eigenvalue weighted by Crippen LogP contribution is 2.38. The van der Waals surface area contributed by atoms with E-state index in [-0.39, 0.29) is 11.5 Å². The van der Waals surface area contributed by atoms with Gasteiger partial charge in [0.1, 0.15) is 28.0 Å². The van der Waals surface area contributed by atoms with Gasteiger partial charge in [-0.15, -0.1) is 24.9 Å². The second kappa shape index (κ2) is 10.0. The molecule has 29 heavy (non-hydrogen) atoms. The average molecular weight is 430 g/mol. The fourth-order valence-electron chi connectivity index (χ4n) is 2.89. The number of anilines is 1. The number of rotatable bonds is 9. The number of hydrogen-bond donors (Lipinski definition) is 1. The van der Waals surface area contributed by atoms with E-state index in [1.54, 1.807) is 0 Å². The summed E-state index contributed by atoms with van der Waals surface area (Å²) in [6.45, 7) is 6.21. The third-order valence-electron chi connectivity index (χ3n) is 4.45. The zero-order valence-electron chi connectivity index (χ0n) is 17.2. The monoisotopic (exact) mass is 429 g/mol. The smallest absolute Gasteiger partial charge is 0.496 e. The van der Waals surface area contributed by atoms with Gasteiger partial charge in [-0.3, -0.25) is 0 Å². The van der Waals surface area contributed by atoms with Crippen LogP contribution in [0.4, 0.5) is 19.0 Å². The maximum Gasteiger partial charge on any atom is 0.573 e. The molecule has 1 aromatic heterocycles. The second-order valence-corrected chi connectivity index (χ2v) is 7.09. The van der Waals surface area contributed by atoms with E-state index in [0.717, 1.165) is 24.4 Å². The van der Waals surface area contributed by atoms with Gasteiger partial charge in [0.05, 0.1) is 12.8 Å². The Morgan fingerprint density at radius 2 is 1.83 bits per heavy atom. The van der Waals surface area contributed by atoms with Gasteiger partial charge < -0.3 is 14.8 Å². The molecule has 1 aromatic carbocycles. The molecular weight excluding hydrogens is 403 g/mol. The van der Waals surface area contributed by atoms with Gasteiger partial charge in [-0.2, -0.15) is 0 Å². The molecule has 0 atom stereocenters. The summed E-state index contributed by atoms with van der Waals surface area (Å²) in [5, 5.41) is 4.12. The number of nitrogens with zero attached hydrogens (tertiary/aromatic N) is 2. The van der Waals surface area contributed by atoms with Crippen LogP contribution in [0.3, 0.4) is 0 Å². The molecule has 9 heteroatoms. The van der Waals surface area contributed by atoms with E-state index in [0.29, 0.717) is 28.7 Å². The summed E-state index contributed by atoms with van der Waals surface area (Å²) in [6.07, 6.45) is -0.296. The molecule has 2 rings (SSSR count). The molecule has 5 nitrogen and oxygen atoms in total. The maximum atomic E-state index is 12.5. The van der Waals surface area contributed by atoms with Crippen molar-refractivity contribution < 1.29 is 22.6 Å². The fraction of sp³-hybridized carbons (Fsp3) is 0.500. The van der Waals surface area contributed by atoms with Crippen LogP contribution < -0.4 is 14.8 Å². The normalized spacial score (nSPS) is 11.6. The second-order valence-electron chi connectivity index (χ2n) is 6.30. The van der Waals surface area contributed by atoms with Gasteiger partial charge in [-0.25, -0.2) is 9.97 Å². The van der Waals surface area contributed by atoms with Gasteiger partial charge >= 0.3 is 6.36 Å². The number of nitrogens with one attached hydrogen (secondary N) is 1. The molecule has 0 bridgehead atoms. The summed E-state index contributed by atoms with van der Waals surface area (Å²) in [5.41, 5.74) is 1.92. The first kappa shape index (κ1) is 23.1. The van der Waals surface area contributed by atoms with E-state index in [4.69, 9.17) is 14.7 Å². The first-order valence-corrected chi connectivity index (χ1v) is 10.6. The van der Waals surface area contributed by atoms with Crippen molar-refractivity contribution in [2.75, 3.05) is 18.7 Å². The summed E-state index contributed by atoms with van der Waals surface area (Å²) in [4.78, 5) is 9.53. The molecule has 1 heterocycles. The van der Waals surface area contributed by atoms with Crippen LogP contribution in [0.25, 0.3) is 11.3 Å². The standard InChI is InChI=1S/C20H26F3N3O2S/c1-6-12(7-2)24-18-15(8-3)25-17(19(26-18)29-5)14-10-9-13(11-16(14)27-4)28-20(21,22)23/h9-12H,6-8H2,1-5H3,(H,24,26). The van der Waals surface area contributed by atoms with Crippen molar-refractivity contribution in [2.24, 2.45) is 0 Å². The summed E-state index contributed by atoms with van der Waals surface area (Å²) in [6, 6.07) is 4.26. The number of methoxy groups -OCH3 is 1. The number of alkyl halides is 3. The maximum absolute atomic E-state index is 12.5. The zero-order valence-corrected chi connectivity index (χ0v) is 18.0. The number of benzene rings is 1. The predicted octanol–water partition coefficient (Wildman–Crippen LogP) is 5.94. The van der Waals surface area contributed by atoms with Crippen molar-refractivity contribution in [2.45, 2.75) is 57.5 Å². The summed E-state index contributed by atoms with van der Waals surface area (Å²) in [7, 11) is 1.39. The molecule has 1 N–H and O–H groups in total. The van der Waals surface area contributed by atoms with Crippen molar-refractivity contribution >= 4 is 17.6 Å². The molecule has 0 radical (unpaired) electrons. The lowest BCUT2D eigenvalue weighted by molar-refractivity contribution is -0.274. The highest BCUT2D eigenvalue weighted by molar-refractivity contribution is 7.98. The lowest BCUT2D eigenvalue weighted by Gasteiger charge is -2.20. The number of halogens is 3. The van der Waals surface area contributed by atoms with E-state index in [1.165, 1.54) is 37.1 Å². The fourth-order valence-corrected chi connectivity index (χ4v) is 3.42. The van der Waals surface area contributed by atoms with Gasteiger partial charge in [-0.05, 0) is 37.7 Å². The molecule has 160 valence electrons. The molecule has 0 saturated carbocycles. The van der Waals surface area contributed by atoms with Crippen LogP contribution >= 0.6 is 11.8 Å². The minimum Gasteiger partial charge on any atom is -0.496 e. The molecule has 0 aliphatic rings. The Hall–Kier alpha value is -2.16. The lowest BCUT2D eigenvalue weighted by atomic mass is 10.1. The predicted molar refractivity (Wildman–Crippen MR) is 110 cm³/mol. The van der Waals surface area contributed by atoms with E-state index in [9.17, 15) is 13.2 Å². The van der Waals surface area contributed by atoms with Gasteiger partial charge in [0.2, 0.25) is 0 Å². The molecule has 0 saturated heterocycles. The summed E-state index contributed by atoms with van der Waals surface area (Å²) in [5.74, 6) is 0.629. The first-order chi connectivity index (χ1) is 13.8. The van der Waals surface area contributed by atoms with Gasteiger partial charge in [-0.1, -0.05) is 20.8 Å². The molecule has 0 unspecified atom stereocenters. The van der Waals surface area contributed by atoms with Crippen LogP contribution in [0, 0.1) is 0 Å². The zero-order chi connectivity index (χ0) is 21.6. The van der Waals surface area contributed by atoms with Crippen LogP contribution in [0.2, 0.25) is 0 Å². The van der Waals surface area contributed by atoms with Crippen molar-refractivity contribution in [3.05, 3.63) is 23.9 Å². The molecule has 0 aliphatic heterocycles. The Balaban J connectivity index is 2.53.